The summed E-state index contributed by atoms with van der Waals surface area (Å²) < 4.78 is 6.88. The molecule has 0 aliphatic heterocycles. The summed E-state index contributed by atoms with van der Waals surface area (Å²) in [6.45, 7) is 4.79. The third-order valence-corrected chi connectivity index (χ3v) is 3.94. The fourth-order valence-corrected chi connectivity index (χ4v) is 1.88. The number of ether oxygens (including phenoxy) is 1. The average Bonchev–Trinajstić information content (AvgIpc) is 2.93. The zero-order valence-corrected chi connectivity index (χ0v) is 12.0. The third kappa shape index (κ3) is 2.90. The monoisotopic (exact) mass is 305 g/mol. The topological polar surface area (TPSA) is 35.2 Å². The number of benzene rings is 1. The lowest BCUT2D eigenvalue weighted by Gasteiger charge is -2.15. The van der Waals surface area contributed by atoms with E-state index in [1.54, 1.807) is 0 Å². The minimum Gasteiger partial charge on any atom is -0.491 e. The molecule has 0 bridgehead atoms. The van der Waals surface area contributed by atoms with Crippen LogP contribution in [0.25, 0.3) is 0 Å². The molecule has 2 nitrogen and oxygen atoms in total. The molecule has 1 aliphatic rings. The van der Waals surface area contributed by atoms with Gasteiger partial charge in [0.15, 0.2) is 0 Å². The summed E-state index contributed by atoms with van der Waals surface area (Å²) in [7, 11) is 0. The molecule has 0 radical (unpaired) electrons. The fourth-order valence-electron chi connectivity index (χ4n) is 1.45. The molecule has 1 saturated carbocycles. The van der Waals surface area contributed by atoms with Crippen LogP contribution in [0.5, 0.6) is 5.75 Å². The molecule has 1 fully saturated rings. The van der Waals surface area contributed by atoms with Crippen molar-refractivity contribution in [2.24, 2.45) is 5.73 Å². The van der Waals surface area contributed by atoms with Gasteiger partial charge in [-0.1, -0.05) is 15.9 Å². The minimum absolute atomic E-state index is 0. The van der Waals surface area contributed by atoms with Gasteiger partial charge in [-0.15, -0.1) is 12.4 Å². The van der Waals surface area contributed by atoms with Crippen LogP contribution in [0.15, 0.2) is 16.6 Å². The Labute approximate surface area is 111 Å². The lowest BCUT2D eigenvalue weighted by Crippen LogP contribution is -2.29. The van der Waals surface area contributed by atoms with Crippen molar-refractivity contribution in [3.63, 3.8) is 0 Å². The molecular weight excluding hydrogens is 289 g/mol. The summed E-state index contributed by atoms with van der Waals surface area (Å²) in [5.74, 6) is 0.951. The van der Waals surface area contributed by atoms with Crippen molar-refractivity contribution >= 4 is 28.3 Å². The van der Waals surface area contributed by atoms with Gasteiger partial charge in [-0.25, -0.2) is 0 Å². The third-order valence-electron chi connectivity index (χ3n) is 3.08. The van der Waals surface area contributed by atoms with Gasteiger partial charge in [0.1, 0.15) is 12.4 Å². The second-order valence-electron chi connectivity index (χ2n) is 4.45. The van der Waals surface area contributed by atoms with Crippen LogP contribution in [0.3, 0.4) is 0 Å². The molecule has 16 heavy (non-hydrogen) atoms. The van der Waals surface area contributed by atoms with Crippen molar-refractivity contribution in [2.75, 3.05) is 6.61 Å². The highest BCUT2D eigenvalue weighted by Gasteiger charge is 2.39. The van der Waals surface area contributed by atoms with Gasteiger partial charge in [0.2, 0.25) is 0 Å². The molecule has 0 heterocycles. The molecule has 0 amide bonds. The Balaban J connectivity index is 0.00000128. The summed E-state index contributed by atoms with van der Waals surface area (Å²) in [5.41, 5.74) is 8.35. The van der Waals surface area contributed by atoms with Gasteiger partial charge in [-0.3, -0.25) is 0 Å². The highest BCUT2D eigenvalue weighted by Crippen LogP contribution is 2.34. The SMILES string of the molecule is Cc1c(Br)ccc(OCC2(N)CC2)c1C.Cl. The summed E-state index contributed by atoms with van der Waals surface area (Å²) in [4.78, 5) is 0. The Morgan fingerprint density at radius 1 is 1.31 bits per heavy atom. The molecule has 2 rings (SSSR count). The lowest BCUT2D eigenvalue weighted by atomic mass is 10.1. The number of rotatable bonds is 3. The first-order chi connectivity index (χ1) is 7.02. The molecule has 0 spiro atoms. The number of halogens is 2. The van der Waals surface area contributed by atoms with Gasteiger partial charge < -0.3 is 10.5 Å². The Hall–Kier alpha value is -0.250. The second kappa shape index (κ2) is 4.94. The van der Waals surface area contributed by atoms with Gasteiger partial charge >= 0.3 is 0 Å². The van der Waals surface area contributed by atoms with Crippen molar-refractivity contribution in [1.29, 1.82) is 0 Å². The predicted molar refractivity (Wildman–Crippen MR) is 72.5 cm³/mol. The molecule has 0 unspecified atom stereocenters. The smallest absolute Gasteiger partial charge is 0.122 e. The Morgan fingerprint density at radius 3 is 2.50 bits per heavy atom. The van der Waals surface area contributed by atoms with Gasteiger partial charge in [0.25, 0.3) is 0 Å². The largest absolute Gasteiger partial charge is 0.491 e. The maximum Gasteiger partial charge on any atom is 0.122 e. The minimum atomic E-state index is -0.0482. The summed E-state index contributed by atoms with van der Waals surface area (Å²) in [6, 6.07) is 4.02. The number of hydrogen-bond acceptors (Lipinski definition) is 2. The average molecular weight is 307 g/mol. The molecule has 1 aliphatic carbocycles. The highest BCUT2D eigenvalue weighted by molar-refractivity contribution is 9.10. The first-order valence-electron chi connectivity index (χ1n) is 5.19. The van der Waals surface area contributed by atoms with Crippen LogP contribution in [-0.4, -0.2) is 12.1 Å². The van der Waals surface area contributed by atoms with Crippen LogP contribution in [0.4, 0.5) is 0 Å². The van der Waals surface area contributed by atoms with E-state index in [2.05, 4.69) is 29.8 Å². The first kappa shape index (κ1) is 13.8. The lowest BCUT2D eigenvalue weighted by molar-refractivity contribution is 0.277. The molecule has 90 valence electrons. The number of hydrogen-bond donors (Lipinski definition) is 1. The van der Waals surface area contributed by atoms with E-state index in [0.717, 1.165) is 23.1 Å². The van der Waals surface area contributed by atoms with Crippen LogP contribution in [-0.2, 0) is 0 Å². The zero-order valence-electron chi connectivity index (χ0n) is 9.55. The molecule has 4 heteroatoms. The van der Waals surface area contributed by atoms with E-state index in [0.29, 0.717) is 6.61 Å². The molecule has 0 saturated heterocycles. The number of nitrogens with two attached hydrogens (primary N) is 1. The normalized spacial score (nSPS) is 16.5. The van der Waals surface area contributed by atoms with Crippen molar-refractivity contribution in [3.05, 3.63) is 27.7 Å². The van der Waals surface area contributed by atoms with E-state index in [9.17, 15) is 0 Å². The molecule has 0 aromatic heterocycles. The van der Waals surface area contributed by atoms with Crippen LogP contribution in [0.2, 0.25) is 0 Å². The van der Waals surface area contributed by atoms with E-state index in [-0.39, 0.29) is 17.9 Å². The van der Waals surface area contributed by atoms with Crippen molar-refractivity contribution in [1.82, 2.24) is 0 Å². The molecule has 0 atom stereocenters. The fraction of sp³-hybridized carbons (Fsp3) is 0.500. The van der Waals surface area contributed by atoms with Crippen molar-refractivity contribution in [3.8, 4) is 5.75 Å². The van der Waals surface area contributed by atoms with E-state index in [1.807, 2.05) is 12.1 Å². The van der Waals surface area contributed by atoms with Crippen LogP contribution in [0, 0.1) is 13.8 Å². The van der Waals surface area contributed by atoms with Gasteiger partial charge in [-0.05, 0) is 49.9 Å². The standard InChI is InChI=1S/C12H16BrNO.ClH/c1-8-9(2)11(4-3-10(8)13)15-7-12(14)5-6-12;/h3-4H,5-7,14H2,1-2H3;1H. The van der Waals surface area contributed by atoms with Crippen molar-refractivity contribution in [2.45, 2.75) is 32.2 Å². The van der Waals surface area contributed by atoms with E-state index >= 15 is 0 Å². The van der Waals surface area contributed by atoms with Crippen LogP contribution in [0.1, 0.15) is 24.0 Å². The van der Waals surface area contributed by atoms with Gasteiger partial charge in [0, 0.05) is 4.47 Å². The summed E-state index contributed by atoms with van der Waals surface area (Å²) in [5, 5.41) is 0. The second-order valence-corrected chi connectivity index (χ2v) is 5.30. The quantitative estimate of drug-likeness (QED) is 0.929. The maximum atomic E-state index is 5.98. The molecule has 2 N–H and O–H groups in total. The van der Waals surface area contributed by atoms with E-state index in [4.69, 9.17) is 10.5 Å². The van der Waals surface area contributed by atoms with E-state index < -0.39 is 0 Å². The highest BCUT2D eigenvalue weighted by atomic mass is 79.9. The molecule has 1 aromatic carbocycles. The Morgan fingerprint density at radius 2 is 1.94 bits per heavy atom. The summed E-state index contributed by atoms with van der Waals surface area (Å²) in [6.07, 6.45) is 2.17. The zero-order chi connectivity index (χ0) is 11.1. The molecular formula is C12H17BrClNO. The predicted octanol–water partition coefficient (Wildman–Crippen LogP) is 3.36. The van der Waals surface area contributed by atoms with Gasteiger partial charge in [0.05, 0.1) is 5.54 Å². The maximum absolute atomic E-state index is 5.98. The van der Waals surface area contributed by atoms with E-state index in [1.165, 1.54) is 11.1 Å². The van der Waals surface area contributed by atoms with Gasteiger partial charge in [-0.2, -0.15) is 0 Å². The summed E-state index contributed by atoms with van der Waals surface area (Å²) >= 11 is 3.50. The Kier molecular flexibility index (Phi) is 4.27. The first-order valence-corrected chi connectivity index (χ1v) is 5.98. The van der Waals surface area contributed by atoms with Crippen LogP contribution >= 0.6 is 28.3 Å². The Bertz CT molecular complexity index is 391. The van der Waals surface area contributed by atoms with Crippen molar-refractivity contribution < 1.29 is 4.74 Å². The van der Waals surface area contributed by atoms with Crippen LogP contribution < -0.4 is 10.5 Å². The molecule has 1 aromatic rings.